The number of carbonyl (C=O) groups excluding carboxylic acids is 1. The maximum Gasteiger partial charge on any atom is 0.173 e. The highest BCUT2D eigenvalue weighted by Crippen LogP contribution is 2.19. The van der Waals surface area contributed by atoms with Crippen LogP contribution in [-0.4, -0.2) is 16.5 Å². The molecule has 2 aromatic rings. The van der Waals surface area contributed by atoms with E-state index in [0.717, 1.165) is 9.50 Å². The van der Waals surface area contributed by atoms with Gasteiger partial charge < -0.3 is 0 Å². The summed E-state index contributed by atoms with van der Waals surface area (Å²) in [6.07, 6.45) is 1.68. The minimum atomic E-state index is -0.396. The van der Waals surface area contributed by atoms with Crippen LogP contribution in [0.3, 0.4) is 0 Å². The second-order valence-corrected chi connectivity index (χ2v) is 5.45. The van der Waals surface area contributed by atoms with Crippen LogP contribution < -0.4 is 0 Å². The number of Topliss-reactive ketones (excluding diaryl/α,β-unsaturated/α-hetero) is 1. The summed E-state index contributed by atoms with van der Waals surface area (Å²) < 4.78 is 13.9. The lowest BCUT2D eigenvalue weighted by Crippen LogP contribution is -2.02. The lowest BCUT2D eigenvalue weighted by molar-refractivity contribution is 0.102. The molecule has 0 unspecified atom stereocenters. The molecule has 0 aliphatic rings. The minimum Gasteiger partial charge on any atom is -0.293 e. The minimum absolute atomic E-state index is 0.107. The molecule has 0 amide bonds. The summed E-state index contributed by atoms with van der Waals surface area (Å²) in [6.45, 7) is 0. The van der Waals surface area contributed by atoms with Crippen molar-refractivity contribution < 1.29 is 9.18 Å². The third kappa shape index (κ3) is 3.65. The molecule has 0 saturated carbocycles. The Labute approximate surface area is 117 Å². The van der Waals surface area contributed by atoms with Crippen molar-refractivity contribution in [3.05, 3.63) is 58.4 Å². The molecule has 18 heavy (non-hydrogen) atoms. The van der Waals surface area contributed by atoms with E-state index in [9.17, 15) is 9.18 Å². The van der Waals surface area contributed by atoms with E-state index in [1.807, 2.05) is 12.1 Å². The fourth-order valence-corrected chi connectivity index (χ4v) is 2.30. The van der Waals surface area contributed by atoms with Crippen LogP contribution in [0.1, 0.15) is 10.4 Å². The first-order valence-electron chi connectivity index (χ1n) is 5.18. The largest absolute Gasteiger partial charge is 0.293 e. The van der Waals surface area contributed by atoms with Gasteiger partial charge in [-0.15, -0.1) is 0 Å². The van der Waals surface area contributed by atoms with Gasteiger partial charge in [0.2, 0.25) is 0 Å². The monoisotopic (exact) mass is 325 g/mol. The van der Waals surface area contributed by atoms with Crippen LogP contribution in [0, 0.1) is 5.82 Å². The van der Waals surface area contributed by atoms with Crippen molar-refractivity contribution in [2.75, 3.05) is 5.75 Å². The number of carbonyl (C=O) groups is 1. The van der Waals surface area contributed by atoms with Crippen molar-refractivity contribution in [2.24, 2.45) is 0 Å². The molecular weight excluding hydrogens is 317 g/mol. The highest BCUT2D eigenvalue weighted by atomic mass is 79.9. The normalized spacial score (nSPS) is 10.3. The molecular formula is C13H9BrFNOS. The Morgan fingerprint density at radius 1 is 1.33 bits per heavy atom. The summed E-state index contributed by atoms with van der Waals surface area (Å²) in [5.74, 6) is -0.255. The van der Waals surface area contributed by atoms with Gasteiger partial charge in [-0.2, -0.15) is 0 Å². The maximum atomic E-state index is 13.0. The van der Waals surface area contributed by atoms with E-state index in [0.29, 0.717) is 5.56 Å². The van der Waals surface area contributed by atoms with Gasteiger partial charge in [0.05, 0.1) is 10.8 Å². The SMILES string of the molecule is O=C(CSc1ccc(Br)cn1)c1cccc(F)c1. The average molecular weight is 326 g/mol. The number of hydrogen-bond acceptors (Lipinski definition) is 3. The first-order valence-corrected chi connectivity index (χ1v) is 6.96. The Morgan fingerprint density at radius 2 is 2.17 bits per heavy atom. The fraction of sp³-hybridized carbons (Fsp3) is 0.0769. The number of rotatable bonds is 4. The lowest BCUT2D eigenvalue weighted by atomic mass is 10.1. The Kier molecular flexibility index (Phi) is 4.49. The second-order valence-electron chi connectivity index (χ2n) is 3.54. The van der Waals surface area contributed by atoms with Crippen molar-refractivity contribution in [3.63, 3.8) is 0 Å². The standard InChI is InChI=1S/C13H9BrFNOS/c14-10-4-5-13(16-7-10)18-8-12(17)9-2-1-3-11(15)6-9/h1-7H,8H2. The molecule has 0 atom stereocenters. The van der Waals surface area contributed by atoms with Gasteiger partial charge in [0, 0.05) is 16.2 Å². The van der Waals surface area contributed by atoms with Gasteiger partial charge in [-0.3, -0.25) is 4.79 Å². The molecule has 0 spiro atoms. The van der Waals surface area contributed by atoms with Crippen LogP contribution in [0.4, 0.5) is 4.39 Å². The van der Waals surface area contributed by atoms with Crippen LogP contribution in [0.15, 0.2) is 52.1 Å². The molecule has 5 heteroatoms. The molecule has 92 valence electrons. The topological polar surface area (TPSA) is 30.0 Å². The molecule has 0 N–H and O–H groups in total. The van der Waals surface area contributed by atoms with Crippen LogP contribution in [0.25, 0.3) is 0 Å². The third-order valence-corrected chi connectivity index (χ3v) is 3.61. The summed E-state index contributed by atoms with van der Waals surface area (Å²) in [5.41, 5.74) is 0.389. The van der Waals surface area contributed by atoms with Gasteiger partial charge in [-0.25, -0.2) is 9.37 Å². The van der Waals surface area contributed by atoms with Gasteiger partial charge in [-0.05, 0) is 40.2 Å². The molecule has 1 heterocycles. The van der Waals surface area contributed by atoms with Crippen LogP contribution in [0.5, 0.6) is 0 Å². The van der Waals surface area contributed by atoms with E-state index < -0.39 is 5.82 Å². The molecule has 2 nitrogen and oxygen atoms in total. The molecule has 0 radical (unpaired) electrons. The Bertz CT molecular complexity index is 559. The predicted octanol–water partition coefficient (Wildman–Crippen LogP) is 3.96. The molecule has 2 rings (SSSR count). The van der Waals surface area contributed by atoms with Crippen molar-refractivity contribution in [3.8, 4) is 0 Å². The highest BCUT2D eigenvalue weighted by Gasteiger charge is 2.07. The van der Waals surface area contributed by atoms with E-state index in [-0.39, 0.29) is 11.5 Å². The zero-order valence-electron chi connectivity index (χ0n) is 9.27. The molecule has 0 aliphatic heterocycles. The summed E-state index contributed by atoms with van der Waals surface area (Å²) in [5, 5.41) is 0.767. The van der Waals surface area contributed by atoms with Crippen LogP contribution in [0.2, 0.25) is 0 Å². The van der Waals surface area contributed by atoms with Crippen molar-refractivity contribution in [1.82, 2.24) is 4.98 Å². The van der Waals surface area contributed by atoms with E-state index in [2.05, 4.69) is 20.9 Å². The van der Waals surface area contributed by atoms with Gasteiger partial charge in [0.15, 0.2) is 5.78 Å². The molecule has 0 fully saturated rings. The number of thioether (sulfide) groups is 1. The quantitative estimate of drug-likeness (QED) is 0.629. The Morgan fingerprint density at radius 3 is 2.83 bits per heavy atom. The Hall–Kier alpha value is -1.20. The number of aromatic nitrogens is 1. The summed E-state index contributed by atoms with van der Waals surface area (Å²) in [4.78, 5) is 16.0. The number of halogens is 2. The van der Waals surface area contributed by atoms with Gasteiger partial charge >= 0.3 is 0 Å². The number of pyridine rings is 1. The number of ketones is 1. The number of benzene rings is 1. The van der Waals surface area contributed by atoms with E-state index in [1.54, 1.807) is 12.3 Å². The molecule has 0 aliphatic carbocycles. The van der Waals surface area contributed by atoms with E-state index in [4.69, 9.17) is 0 Å². The van der Waals surface area contributed by atoms with Gasteiger partial charge in [0.1, 0.15) is 5.82 Å². The molecule has 0 saturated heterocycles. The third-order valence-electron chi connectivity index (χ3n) is 2.20. The van der Waals surface area contributed by atoms with Crippen molar-refractivity contribution in [1.29, 1.82) is 0 Å². The molecule has 1 aromatic heterocycles. The molecule has 1 aromatic carbocycles. The summed E-state index contributed by atoms with van der Waals surface area (Å²) in [6, 6.07) is 9.40. The summed E-state index contributed by atoms with van der Waals surface area (Å²) >= 11 is 4.62. The van der Waals surface area contributed by atoms with Crippen molar-refractivity contribution >= 4 is 33.5 Å². The van der Waals surface area contributed by atoms with E-state index >= 15 is 0 Å². The van der Waals surface area contributed by atoms with Crippen LogP contribution in [-0.2, 0) is 0 Å². The zero-order chi connectivity index (χ0) is 13.0. The first-order chi connectivity index (χ1) is 8.65. The van der Waals surface area contributed by atoms with E-state index in [1.165, 1.54) is 30.0 Å². The van der Waals surface area contributed by atoms with Crippen LogP contribution >= 0.6 is 27.7 Å². The smallest absolute Gasteiger partial charge is 0.173 e. The van der Waals surface area contributed by atoms with Gasteiger partial charge in [0.25, 0.3) is 0 Å². The average Bonchev–Trinajstić information content (AvgIpc) is 2.38. The number of hydrogen-bond donors (Lipinski definition) is 0. The second kappa shape index (κ2) is 6.11. The van der Waals surface area contributed by atoms with Gasteiger partial charge in [-0.1, -0.05) is 23.9 Å². The lowest BCUT2D eigenvalue weighted by Gasteiger charge is -2.01. The number of nitrogens with zero attached hydrogens (tertiary/aromatic N) is 1. The first kappa shape index (κ1) is 13.2. The maximum absolute atomic E-state index is 13.0. The molecule has 0 bridgehead atoms. The Balaban J connectivity index is 1.98. The predicted molar refractivity (Wildman–Crippen MR) is 73.4 cm³/mol. The zero-order valence-corrected chi connectivity index (χ0v) is 11.7. The highest BCUT2D eigenvalue weighted by molar-refractivity contribution is 9.10. The van der Waals surface area contributed by atoms with Crippen molar-refractivity contribution in [2.45, 2.75) is 5.03 Å². The fourth-order valence-electron chi connectivity index (χ4n) is 1.33. The summed E-state index contributed by atoms with van der Waals surface area (Å²) in [7, 11) is 0.